The number of nitrogens with zero attached hydrogens (tertiary/aromatic N) is 6. The van der Waals surface area contributed by atoms with Crippen molar-refractivity contribution in [1.82, 2.24) is 25.1 Å². The second-order valence-corrected chi connectivity index (χ2v) is 7.59. The van der Waals surface area contributed by atoms with Crippen molar-refractivity contribution in [3.8, 4) is 17.3 Å². The summed E-state index contributed by atoms with van der Waals surface area (Å²) in [6, 6.07) is 9.12. The van der Waals surface area contributed by atoms with Gasteiger partial charge >= 0.3 is 6.09 Å². The van der Waals surface area contributed by atoms with E-state index in [0.717, 1.165) is 10.5 Å². The van der Waals surface area contributed by atoms with Gasteiger partial charge in [0.05, 0.1) is 6.42 Å². The molecular weight excluding hydrogens is 447 g/mol. The van der Waals surface area contributed by atoms with Gasteiger partial charge in [-0.3, -0.25) is 19.6 Å². The van der Waals surface area contributed by atoms with E-state index >= 15 is 0 Å². The van der Waals surface area contributed by atoms with Crippen molar-refractivity contribution in [1.29, 1.82) is 0 Å². The fraction of sp³-hybridized carbons (Fsp3) is 0.182. The second kappa shape index (κ2) is 8.39. The first-order chi connectivity index (χ1) is 16.4. The Morgan fingerprint density at radius 3 is 2.68 bits per heavy atom. The molecule has 34 heavy (non-hydrogen) atoms. The molecule has 1 aromatic carbocycles. The Kier molecular flexibility index (Phi) is 5.24. The van der Waals surface area contributed by atoms with Gasteiger partial charge < -0.3 is 14.6 Å². The Morgan fingerprint density at radius 1 is 1.15 bits per heavy atom. The van der Waals surface area contributed by atoms with Gasteiger partial charge in [0.2, 0.25) is 11.8 Å². The van der Waals surface area contributed by atoms with Crippen LogP contribution in [0.2, 0.25) is 0 Å². The smallest absolute Gasteiger partial charge is 0.407 e. The molecule has 0 spiro atoms. The van der Waals surface area contributed by atoms with Gasteiger partial charge in [-0.25, -0.2) is 14.2 Å². The maximum atomic E-state index is 13.1. The Balaban J connectivity index is 1.53. The number of carbonyl (C=O) groups excluding carboxylic acids is 1. The first kappa shape index (κ1) is 21.2. The number of pyridine rings is 2. The number of carboxylic acid groups (broad SMARTS) is 1. The Bertz CT molecular complexity index is 1410. The SMILES string of the molecule is O=C(O)N1CCN(c2nc(-c3nnc(Cc4ccc(F)cc4)o3)c(O)c3ncccc23)C(=O)C1. The van der Waals surface area contributed by atoms with Gasteiger partial charge in [-0.2, -0.15) is 0 Å². The van der Waals surface area contributed by atoms with Crippen LogP contribution in [0.5, 0.6) is 5.75 Å². The number of halogens is 1. The molecule has 11 nitrogen and oxygen atoms in total. The largest absolute Gasteiger partial charge is 0.504 e. The van der Waals surface area contributed by atoms with E-state index in [1.807, 2.05) is 0 Å². The highest BCUT2D eigenvalue weighted by Crippen LogP contribution is 2.37. The lowest BCUT2D eigenvalue weighted by Gasteiger charge is -2.32. The summed E-state index contributed by atoms with van der Waals surface area (Å²) in [6.07, 6.45) is 0.536. The van der Waals surface area contributed by atoms with Gasteiger partial charge in [-0.05, 0) is 29.8 Å². The van der Waals surface area contributed by atoms with Crippen molar-refractivity contribution >= 4 is 28.7 Å². The molecule has 172 valence electrons. The summed E-state index contributed by atoms with van der Waals surface area (Å²) < 4.78 is 18.8. The predicted molar refractivity (Wildman–Crippen MR) is 116 cm³/mol. The van der Waals surface area contributed by atoms with E-state index < -0.39 is 12.0 Å². The minimum absolute atomic E-state index is 0.0625. The summed E-state index contributed by atoms with van der Waals surface area (Å²) in [6.45, 7) is -0.146. The maximum Gasteiger partial charge on any atom is 0.407 e. The third kappa shape index (κ3) is 3.85. The molecule has 1 fully saturated rings. The molecule has 1 aliphatic rings. The zero-order chi connectivity index (χ0) is 23.8. The predicted octanol–water partition coefficient (Wildman–Crippen LogP) is 2.44. The highest BCUT2D eigenvalue weighted by atomic mass is 19.1. The molecule has 3 aromatic heterocycles. The van der Waals surface area contributed by atoms with Crippen LogP contribution in [0.25, 0.3) is 22.5 Å². The lowest BCUT2D eigenvalue weighted by molar-refractivity contribution is -0.120. The number of anilines is 1. The second-order valence-electron chi connectivity index (χ2n) is 7.59. The fourth-order valence-corrected chi connectivity index (χ4v) is 3.72. The maximum absolute atomic E-state index is 13.1. The number of fused-ring (bicyclic) bond motifs is 1. The number of rotatable bonds is 4. The first-order valence-electron chi connectivity index (χ1n) is 10.2. The summed E-state index contributed by atoms with van der Waals surface area (Å²) in [4.78, 5) is 35.0. The Hall–Kier alpha value is -4.61. The molecule has 0 saturated carbocycles. The summed E-state index contributed by atoms with van der Waals surface area (Å²) in [5.41, 5.74) is 0.860. The Labute approximate surface area is 191 Å². The van der Waals surface area contributed by atoms with E-state index in [1.54, 1.807) is 24.3 Å². The molecular formula is C22H17FN6O5. The van der Waals surface area contributed by atoms with Crippen LogP contribution < -0.4 is 4.90 Å². The third-order valence-electron chi connectivity index (χ3n) is 5.40. The lowest BCUT2D eigenvalue weighted by Crippen LogP contribution is -2.52. The van der Waals surface area contributed by atoms with Crippen LogP contribution in [-0.2, 0) is 11.2 Å². The number of hydrogen-bond acceptors (Lipinski definition) is 8. The van der Waals surface area contributed by atoms with Crippen molar-refractivity contribution in [2.24, 2.45) is 0 Å². The molecule has 0 aliphatic carbocycles. The average molecular weight is 464 g/mol. The van der Waals surface area contributed by atoms with Crippen molar-refractivity contribution in [2.75, 3.05) is 24.5 Å². The van der Waals surface area contributed by atoms with Crippen molar-refractivity contribution < 1.29 is 28.6 Å². The zero-order valence-corrected chi connectivity index (χ0v) is 17.6. The number of piperazine rings is 1. The van der Waals surface area contributed by atoms with Gasteiger partial charge in [0.1, 0.15) is 23.7 Å². The van der Waals surface area contributed by atoms with E-state index in [0.29, 0.717) is 5.39 Å². The minimum atomic E-state index is -1.18. The van der Waals surface area contributed by atoms with Gasteiger partial charge in [0.15, 0.2) is 11.4 Å². The van der Waals surface area contributed by atoms with E-state index in [2.05, 4.69) is 20.2 Å². The number of amides is 2. The molecule has 0 unspecified atom stereocenters. The monoisotopic (exact) mass is 464 g/mol. The van der Waals surface area contributed by atoms with Gasteiger partial charge in [-0.1, -0.05) is 12.1 Å². The number of aromatic nitrogens is 4. The quantitative estimate of drug-likeness (QED) is 0.465. The number of benzene rings is 1. The highest BCUT2D eigenvalue weighted by molar-refractivity contribution is 6.05. The molecule has 0 radical (unpaired) electrons. The minimum Gasteiger partial charge on any atom is -0.504 e. The molecule has 0 atom stereocenters. The van der Waals surface area contributed by atoms with Crippen LogP contribution in [0.3, 0.4) is 0 Å². The van der Waals surface area contributed by atoms with Crippen molar-refractivity contribution in [3.05, 3.63) is 59.9 Å². The fourth-order valence-electron chi connectivity index (χ4n) is 3.72. The summed E-state index contributed by atoms with van der Waals surface area (Å²) >= 11 is 0. The molecule has 1 saturated heterocycles. The third-order valence-corrected chi connectivity index (χ3v) is 5.40. The van der Waals surface area contributed by atoms with Gasteiger partial charge in [0.25, 0.3) is 5.89 Å². The summed E-state index contributed by atoms with van der Waals surface area (Å²) in [5, 5.41) is 28.4. The van der Waals surface area contributed by atoms with E-state index in [4.69, 9.17) is 4.42 Å². The molecule has 2 amide bonds. The molecule has 12 heteroatoms. The van der Waals surface area contributed by atoms with E-state index in [9.17, 15) is 24.2 Å². The van der Waals surface area contributed by atoms with E-state index in [-0.39, 0.29) is 66.4 Å². The van der Waals surface area contributed by atoms with Gasteiger partial charge in [0, 0.05) is 24.7 Å². The number of aromatic hydroxyl groups is 1. The van der Waals surface area contributed by atoms with Crippen LogP contribution in [0.15, 0.2) is 47.0 Å². The standard InChI is InChI=1S/C22H17FN6O5/c23-13-5-3-12(4-6-13)10-15-26-27-21(34-15)18-19(31)17-14(2-1-7-24-17)20(25-18)29-9-8-28(22(32)33)11-16(29)30/h1-7,31H,8-11H2,(H,32,33). The Morgan fingerprint density at radius 2 is 1.94 bits per heavy atom. The van der Waals surface area contributed by atoms with Crippen LogP contribution >= 0.6 is 0 Å². The molecule has 2 N–H and O–H groups in total. The van der Waals surface area contributed by atoms with Crippen molar-refractivity contribution in [3.63, 3.8) is 0 Å². The molecule has 4 aromatic rings. The average Bonchev–Trinajstić information content (AvgIpc) is 3.29. The highest BCUT2D eigenvalue weighted by Gasteiger charge is 2.31. The van der Waals surface area contributed by atoms with Crippen LogP contribution in [0.4, 0.5) is 15.0 Å². The molecule has 0 bridgehead atoms. The number of hydrogen-bond donors (Lipinski definition) is 2. The topological polar surface area (TPSA) is 146 Å². The molecule has 1 aliphatic heterocycles. The zero-order valence-electron chi connectivity index (χ0n) is 17.6. The first-order valence-corrected chi connectivity index (χ1v) is 10.2. The molecule has 4 heterocycles. The molecule has 5 rings (SSSR count). The van der Waals surface area contributed by atoms with Crippen LogP contribution in [0.1, 0.15) is 11.5 Å². The van der Waals surface area contributed by atoms with Gasteiger partial charge in [-0.15, -0.1) is 10.2 Å². The van der Waals surface area contributed by atoms with E-state index in [1.165, 1.54) is 23.2 Å². The number of carbonyl (C=O) groups is 2. The lowest BCUT2D eigenvalue weighted by atomic mass is 10.1. The normalized spacial score (nSPS) is 14.1. The van der Waals surface area contributed by atoms with Crippen LogP contribution in [0, 0.1) is 5.82 Å². The van der Waals surface area contributed by atoms with Crippen molar-refractivity contribution in [2.45, 2.75) is 6.42 Å². The summed E-state index contributed by atoms with van der Waals surface area (Å²) in [5.74, 6) is -0.793. The summed E-state index contributed by atoms with van der Waals surface area (Å²) in [7, 11) is 0. The van der Waals surface area contributed by atoms with Crippen LogP contribution in [-0.4, -0.2) is 66.9 Å².